The van der Waals surface area contributed by atoms with Crippen LogP contribution in [0.4, 0.5) is 0 Å². The molecule has 26 heavy (non-hydrogen) atoms. The van der Waals surface area contributed by atoms with Crippen molar-refractivity contribution in [3.63, 3.8) is 0 Å². The molecule has 136 valence electrons. The molecule has 2 aromatic rings. The maximum atomic E-state index is 12.7. The summed E-state index contributed by atoms with van der Waals surface area (Å²) in [5, 5.41) is 0. The minimum atomic E-state index is -0.0121. The summed E-state index contributed by atoms with van der Waals surface area (Å²) in [6.07, 6.45) is 4.47. The minimum Gasteiger partial charge on any atom is -0.341 e. The number of aryl methyl sites for hydroxylation is 2. The van der Waals surface area contributed by atoms with Gasteiger partial charge in [0, 0.05) is 38.6 Å². The zero-order valence-electron chi connectivity index (χ0n) is 15.4. The summed E-state index contributed by atoms with van der Waals surface area (Å²) in [6, 6.07) is 9.77. The summed E-state index contributed by atoms with van der Waals surface area (Å²) in [5.41, 5.74) is 4.00. The van der Waals surface area contributed by atoms with Crippen LogP contribution in [0.15, 0.2) is 42.7 Å². The summed E-state index contributed by atoms with van der Waals surface area (Å²) in [6.45, 7) is 6.59. The molecule has 0 unspecified atom stereocenters. The van der Waals surface area contributed by atoms with Crippen LogP contribution in [0.1, 0.15) is 33.5 Å². The summed E-state index contributed by atoms with van der Waals surface area (Å²) in [4.78, 5) is 33.1. The van der Waals surface area contributed by atoms with Crippen LogP contribution in [-0.2, 0) is 11.2 Å². The minimum absolute atomic E-state index is 0.0121. The number of carbonyl (C=O) groups is 2. The van der Waals surface area contributed by atoms with Crippen molar-refractivity contribution in [2.45, 2.75) is 26.7 Å². The van der Waals surface area contributed by atoms with E-state index in [-0.39, 0.29) is 11.8 Å². The first-order valence-electron chi connectivity index (χ1n) is 9.08. The molecule has 1 fully saturated rings. The zero-order chi connectivity index (χ0) is 18.5. The van der Waals surface area contributed by atoms with Gasteiger partial charge in [-0.15, -0.1) is 0 Å². The second-order valence-electron chi connectivity index (χ2n) is 6.87. The number of aromatic nitrogens is 1. The first kappa shape index (κ1) is 18.1. The van der Waals surface area contributed by atoms with Crippen molar-refractivity contribution in [2.24, 2.45) is 0 Å². The van der Waals surface area contributed by atoms with E-state index in [0.29, 0.717) is 38.2 Å². The highest BCUT2D eigenvalue weighted by Crippen LogP contribution is 2.14. The van der Waals surface area contributed by atoms with Crippen LogP contribution in [0.5, 0.6) is 0 Å². The highest BCUT2D eigenvalue weighted by molar-refractivity contribution is 5.94. The molecule has 0 radical (unpaired) electrons. The molecule has 1 aromatic carbocycles. The molecule has 0 atom stereocenters. The maximum absolute atomic E-state index is 12.7. The van der Waals surface area contributed by atoms with E-state index >= 15 is 0 Å². The fraction of sp³-hybridized carbons (Fsp3) is 0.381. The first-order chi connectivity index (χ1) is 12.5. The average molecular weight is 351 g/mol. The molecule has 2 amide bonds. The van der Waals surface area contributed by atoms with Gasteiger partial charge in [0.15, 0.2) is 0 Å². The highest BCUT2D eigenvalue weighted by Gasteiger charge is 2.23. The molecule has 0 bridgehead atoms. The Morgan fingerprint density at radius 2 is 1.81 bits per heavy atom. The summed E-state index contributed by atoms with van der Waals surface area (Å²) in [7, 11) is 0. The lowest BCUT2D eigenvalue weighted by atomic mass is 10.0. The Morgan fingerprint density at radius 1 is 1.04 bits per heavy atom. The third-order valence-electron chi connectivity index (χ3n) is 4.89. The Morgan fingerprint density at radius 3 is 2.58 bits per heavy atom. The Bertz CT molecular complexity index is 789. The van der Waals surface area contributed by atoms with Crippen molar-refractivity contribution in [3.8, 4) is 0 Å². The molecule has 0 N–H and O–H groups in total. The molecule has 5 heteroatoms. The zero-order valence-corrected chi connectivity index (χ0v) is 15.4. The van der Waals surface area contributed by atoms with E-state index in [4.69, 9.17) is 0 Å². The van der Waals surface area contributed by atoms with Crippen molar-refractivity contribution in [3.05, 3.63) is 65.0 Å². The lowest BCUT2D eigenvalue weighted by molar-refractivity contribution is -0.130. The highest BCUT2D eigenvalue weighted by atomic mass is 16.2. The smallest absolute Gasteiger partial charge is 0.255 e. The third kappa shape index (κ3) is 4.28. The van der Waals surface area contributed by atoms with E-state index in [2.05, 4.69) is 23.2 Å². The fourth-order valence-corrected chi connectivity index (χ4v) is 3.31. The third-order valence-corrected chi connectivity index (χ3v) is 4.89. The molecular formula is C21H25N3O2. The van der Waals surface area contributed by atoms with Gasteiger partial charge in [0.25, 0.3) is 5.91 Å². The van der Waals surface area contributed by atoms with Gasteiger partial charge in [0.1, 0.15) is 0 Å². The van der Waals surface area contributed by atoms with Gasteiger partial charge >= 0.3 is 0 Å². The Kier molecular flexibility index (Phi) is 5.66. The SMILES string of the molecule is Cc1ccc(C)c(CC(=O)N2CCCN(C(=O)c3cccnc3)CC2)c1. The van der Waals surface area contributed by atoms with Gasteiger partial charge in [-0.2, -0.15) is 0 Å². The second-order valence-corrected chi connectivity index (χ2v) is 6.87. The topological polar surface area (TPSA) is 53.5 Å². The van der Waals surface area contributed by atoms with Crippen LogP contribution in [0.2, 0.25) is 0 Å². The van der Waals surface area contributed by atoms with Gasteiger partial charge in [-0.25, -0.2) is 0 Å². The van der Waals surface area contributed by atoms with Gasteiger partial charge in [0.05, 0.1) is 12.0 Å². The average Bonchev–Trinajstić information content (AvgIpc) is 2.91. The lowest BCUT2D eigenvalue weighted by Gasteiger charge is -2.22. The van der Waals surface area contributed by atoms with Crippen LogP contribution in [0.25, 0.3) is 0 Å². The predicted octanol–water partition coefficient (Wildman–Crippen LogP) is 2.62. The predicted molar refractivity (Wildman–Crippen MR) is 101 cm³/mol. The fourth-order valence-electron chi connectivity index (χ4n) is 3.31. The van der Waals surface area contributed by atoms with Crippen LogP contribution in [0, 0.1) is 13.8 Å². The molecule has 1 aromatic heterocycles. The number of carbonyl (C=O) groups excluding carboxylic acids is 2. The molecule has 0 saturated carbocycles. The van der Waals surface area contributed by atoms with Gasteiger partial charge in [0.2, 0.25) is 5.91 Å². The number of amides is 2. The van der Waals surface area contributed by atoms with Gasteiger partial charge in [-0.3, -0.25) is 14.6 Å². The van der Waals surface area contributed by atoms with Gasteiger partial charge in [-0.1, -0.05) is 23.8 Å². The van der Waals surface area contributed by atoms with E-state index in [1.54, 1.807) is 24.5 Å². The van der Waals surface area contributed by atoms with E-state index < -0.39 is 0 Å². The second kappa shape index (κ2) is 8.13. The largest absolute Gasteiger partial charge is 0.341 e. The molecule has 1 aliphatic heterocycles. The van der Waals surface area contributed by atoms with Crippen LogP contribution in [-0.4, -0.2) is 52.8 Å². The monoisotopic (exact) mass is 351 g/mol. The van der Waals surface area contributed by atoms with Crippen LogP contribution in [0.3, 0.4) is 0 Å². The summed E-state index contributed by atoms with van der Waals surface area (Å²) in [5.74, 6) is 0.122. The lowest BCUT2D eigenvalue weighted by Crippen LogP contribution is -2.38. The van der Waals surface area contributed by atoms with Crippen molar-refractivity contribution in [2.75, 3.05) is 26.2 Å². The Balaban J connectivity index is 1.62. The molecule has 0 aliphatic carbocycles. The number of rotatable bonds is 3. The van der Waals surface area contributed by atoms with Crippen molar-refractivity contribution >= 4 is 11.8 Å². The molecule has 1 aliphatic rings. The molecular weight excluding hydrogens is 326 g/mol. The van der Waals surface area contributed by atoms with E-state index in [0.717, 1.165) is 17.5 Å². The standard InChI is InChI=1S/C21H25N3O2/c1-16-6-7-17(2)19(13-16)14-20(25)23-9-4-10-24(12-11-23)21(26)18-5-3-8-22-15-18/h3,5-8,13,15H,4,9-12,14H2,1-2H3. The van der Waals surface area contributed by atoms with E-state index in [9.17, 15) is 9.59 Å². The van der Waals surface area contributed by atoms with E-state index in [1.807, 2.05) is 23.6 Å². The van der Waals surface area contributed by atoms with Gasteiger partial charge in [-0.05, 0) is 43.5 Å². The number of hydrogen-bond donors (Lipinski definition) is 0. The molecule has 5 nitrogen and oxygen atoms in total. The number of hydrogen-bond acceptors (Lipinski definition) is 3. The summed E-state index contributed by atoms with van der Waals surface area (Å²) < 4.78 is 0. The van der Waals surface area contributed by atoms with E-state index in [1.165, 1.54) is 5.56 Å². The first-order valence-corrected chi connectivity index (χ1v) is 9.08. The molecule has 2 heterocycles. The molecule has 0 spiro atoms. The van der Waals surface area contributed by atoms with Crippen molar-refractivity contribution < 1.29 is 9.59 Å². The van der Waals surface area contributed by atoms with Crippen molar-refractivity contribution in [1.29, 1.82) is 0 Å². The Hall–Kier alpha value is -2.69. The quantitative estimate of drug-likeness (QED) is 0.854. The number of benzene rings is 1. The van der Waals surface area contributed by atoms with Crippen LogP contribution >= 0.6 is 0 Å². The maximum Gasteiger partial charge on any atom is 0.255 e. The van der Waals surface area contributed by atoms with Crippen molar-refractivity contribution in [1.82, 2.24) is 14.8 Å². The number of pyridine rings is 1. The summed E-state index contributed by atoms with van der Waals surface area (Å²) >= 11 is 0. The molecule has 3 rings (SSSR count). The molecule has 1 saturated heterocycles. The Labute approximate surface area is 154 Å². The normalized spacial score (nSPS) is 14.8. The number of nitrogens with zero attached hydrogens (tertiary/aromatic N) is 3. The van der Waals surface area contributed by atoms with Gasteiger partial charge < -0.3 is 9.80 Å². The van der Waals surface area contributed by atoms with Crippen LogP contribution < -0.4 is 0 Å².